The molecule has 0 saturated carbocycles. The van der Waals surface area contributed by atoms with Crippen LogP contribution in [0.1, 0.15) is 24.6 Å². The van der Waals surface area contributed by atoms with Gasteiger partial charge >= 0.3 is 4.87 Å². The van der Waals surface area contributed by atoms with Crippen molar-refractivity contribution in [2.75, 3.05) is 20.2 Å². The van der Waals surface area contributed by atoms with Crippen LogP contribution in [-0.2, 0) is 6.54 Å². The molecule has 0 aliphatic carbocycles. The number of H-pyrrole nitrogens is 1. The fraction of sp³-hybridized carbons (Fsp3) is 0.471. The molecule has 3 rings (SSSR count). The summed E-state index contributed by atoms with van der Waals surface area (Å²) in [5.41, 5.74) is 1.87. The zero-order valence-electron chi connectivity index (χ0n) is 13.1. The quantitative estimate of drug-likeness (QED) is 0.940. The summed E-state index contributed by atoms with van der Waals surface area (Å²) in [6, 6.07) is 7.84. The van der Waals surface area contributed by atoms with Crippen molar-refractivity contribution in [1.29, 1.82) is 0 Å². The first kappa shape index (κ1) is 15.3. The Morgan fingerprint density at radius 1 is 1.32 bits per heavy atom. The minimum atomic E-state index is 0.00119. The fourth-order valence-corrected chi connectivity index (χ4v) is 3.85. The average molecular weight is 318 g/mol. The van der Waals surface area contributed by atoms with Crippen molar-refractivity contribution in [3.05, 3.63) is 38.8 Å². The van der Waals surface area contributed by atoms with E-state index >= 15 is 0 Å². The Morgan fingerprint density at radius 3 is 2.77 bits per heavy atom. The van der Waals surface area contributed by atoms with Crippen molar-refractivity contribution in [3.63, 3.8) is 0 Å². The number of hydrogen-bond acceptors (Lipinski definition) is 4. The van der Waals surface area contributed by atoms with E-state index < -0.39 is 0 Å². The summed E-state index contributed by atoms with van der Waals surface area (Å²) in [4.78, 5) is 18.4. The van der Waals surface area contributed by atoms with Gasteiger partial charge in [0, 0.05) is 17.0 Å². The van der Waals surface area contributed by atoms with Crippen LogP contribution in [0.4, 0.5) is 0 Å². The van der Waals surface area contributed by atoms with E-state index in [0.717, 1.165) is 47.4 Å². The van der Waals surface area contributed by atoms with Gasteiger partial charge < -0.3 is 9.72 Å². The number of thiazole rings is 1. The van der Waals surface area contributed by atoms with Crippen molar-refractivity contribution < 1.29 is 4.74 Å². The number of likely N-dealkylation sites (tertiary alicyclic amines) is 1. The Labute approximate surface area is 134 Å². The van der Waals surface area contributed by atoms with Gasteiger partial charge in [-0.1, -0.05) is 30.4 Å². The third kappa shape index (κ3) is 3.25. The van der Waals surface area contributed by atoms with Gasteiger partial charge in [-0.05, 0) is 44.0 Å². The van der Waals surface area contributed by atoms with Gasteiger partial charge in [0.2, 0.25) is 0 Å². The monoisotopic (exact) mass is 318 g/mol. The smallest absolute Gasteiger partial charge is 0.305 e. The van der Waals surface area contributed by atoms with E-state index in [1.807, 2.05) is 24.3 Å². The van der Waals surface area contributed by atoms with Crippen molar-refractivity contribution in [1.82, 2.24) is 9.88 Å². The largest absolute Gasteiger partial charge is 0.496 e. The molecule has 1 saturated heterocycles. The lowest BCUT2D eigenvalue weighted by molar-refractivity contribution is 0.187. The number of ether oxygens (including phenoxy) is 1. The van der Waals surface area contributed by atoms with Crippen molar-refractivity contribution in [3.8, 4) is 17.0 Å². The summed E-state index contributed by atoms with van der Waals surface area (Å²) in [6.07, 6.45) is 2.48. The lowest BCUT2D eigenvalue weighted by Gasteiger charge is -2.29. The maximum absolute atomic E-state index is 11.9. The number of para-hydroxylation sites is 1. The first-order valence-electron chi connectivity index (χ1n) is 7.75. The average Bonchev–Trinajstić information content (AvgIpc) is 2.90. The van der Waals surface area contributed by atoms with Gasteiger partial charge in [-0.3, -0.25) is 9.69 Å². The molecule has 0 spiro atoms. The van der Waals surface area contributed by atoms with E-state index in [1.54, 1.807) is 7.11 Å². The second-order valence-electron chi connectivity index (χ2n) is 5.97. The molecule has 22 heavy (non-hydrogen) atoms. The van der Waals surface area contributed by atoms with Gasteiger partial charge in [-0.2, -0.15) is 0 Å². The minimum Gasteiger partial charge on any atom is -0.496 e. The summed E-state index contributed by atoms with van der Waals surface area (Å²) in [7, 11) is 1.66. The van der Waals surface area contributed by atoms with Gasteiger partial charge in [0.25, 0.3) is 0 Å². The van der Waals surface area contributed by atoms with Gasteiger partial charge in [0.05, 0.1) is 12.8 Å². The highest BCUT2D eigenvalue weighted by molar-refractivity contribution is 7.09. The number of nitrogens with one attached hydrogen (secondary N) is 1. The zero-order chi connectivity index (χ0) is 15.5. The molecule has 1 N–H and O–H groups in total. The third-order valence-electron chi connectivity index (χ3n) is 4.34. The van der Waals surface area contributed by atoms with Crippen LogP contribution in [0.3, 0.4) is 0 Å². The summed E-state index contributed by atoms with van der Waals surface area (Å²) in [5.74, 6) is 1.61. The molecule has 1 fully saturated rings. The predicted octanol–water partition coefficient (Wildman–Crippen LogP) is 3.34. The number of benzene rings is 1. The van der Waals surface area contributed by atoms with Gasteiger partial charge in [0.15, 0.2) is 0 Å². The van der Waals surface area contributed by atoms with Crippen LogP contribution in [0.5, 0.6) is 5.75 Å². The third-order valence-corrected chi connectivity index (χ3v) is 5.21. The second kappa shape index (κ2) is 6.67. The molecular weight excluding hydrogens is 296 g/mol. The van der Waals surface area contributed by atoms with Gasteiger partial charge in [0.1, 0.15) is 5.75 Å². The minimum absolute atomic E-state index is 0.00119. The SMILES string of the molecule is COc1ccccc1-c1[nH]c(=O)sc1CN1CCC(C)CC1. The van der Waals surface area contributed by atoms with Crippen molar-refractivity contribution >= 4 is 11.3 Å². The molecule has 1 aliphatic rings. The molecule has 1 aromatic heterocycles. The summed E-state index contributed by atoms with van der Waals surface area (Å²) in [6.45, 7) is 5.37. The van der Waals surface area contributed by atoms with Crippen LogP contribution in [0.2, 0.25) is 0 Å². The number of aromatic nitrogens is 1. The predicted molar refractivity (Wildman–Crippen MR) is 90.6 cm³/mol. The first-order chi connectivity index (χ1) is 10.7. The number of aromatic amines is 1. The summed E-state index contributed by atoms with van der Waals surface area (Å²) >= 11 is 1.31. The topological polar surface area (TPSA) is 45.3 Å². The van der Waals surface area contributed by atoms with Crippen LogP contribution < -0.4 is 9.61 Å². The van der Waals surface area contributed by atoms with Crippen LogP contribution in [0.25, 0.3) is 11.3 Å². The van der Waals surface area contributed by atoms with E-state index in [2.05, 4.69) is 16.8 Å². The molecule has 118 valence electrons. The van der Waals surface area contributed by atoms with Gasteiger partial charge in [-0.15, -0.1) is 0 Å². The lowest BCUT2D eigenvalue weighted by atomic mass is 9.99. The molecule has 0 radical (unpaired) electrons. The summed E-state index contributed by atoms with van der Waals surface area (Å²) < 4.78 is 5.44. The molecule has 1 aromatic carbocycles. The van der Waals surface area contributed by atoms with Crippen molar-refractivity contribution in [2.45, 2.75) is 26.3 Å². The molecule has 0 amide bonds. The highest BCUT2D eigenvalue weighted by atomic mass is 32.1. The maximum atomic E-state index is 11.9. The Kier molecular flexibility index (Phi) is 4.64. The van der Waals surface area contributed by atoms with Crippen LogP contribution in [-0.4, -0.2) is 30.1 Å². The normalized spacial score (nSPS) is 16.8. The number of rotatable bonds is 4. The van der Waals surface area contributed by atoms with E-state index in [-0.39, 0.29) is 4.87 Å². The number of piperidine rings is 1. The van der Waals surface area contributed by atoms with E-state index in [9.17, 15) is 4.79 Å². The number of nitrogens with zero attached hydrogens (tertiary/aromatic N) is 1. The summed E-state index contributed by atoms with van der Waals surface area (Å²) in [5, 5.41) is 0. The molecule has 0 unspecified atom stereocenters. The number of methoxy groups -OCH3 is 1. The Morgan fingerprint density at radius 2 is 2.05 bits per heavy atom. The number of hydrogen-bond donors (Lipinski definition) is 1. The molecular formula is C17H22N2O2S. The highest BCUT2D eigenvalue weighted by Gasteiger charge is 2.20. The zero-order valence-corrected chi connectivity index (χ0v) is 13.9. The van der Waals surface area contributed by atoms with Gasteiger partial charge in [-0.25, -0.2) is 0 Å². The van der Waals surface area contributed by atoms with Crippen LogP contribution in [0.15, 0.2) is 29.1 Å². The van der Waals surface area contributed by atoms with E-state index in [1.165, 1.54) is 24.2 Å². The van der Waals surface area contributed by atoms with Crippen LogP contribution >= 0.6 is 11.3 Å². The Bertz CT molecular complexity index is 684. The Balaban J connectivity index is 1.88. The molecule has 0 bridgehead atoms. The van der Waals surface area contributed by atoms with E-state index in [0.29, 0.717) is 0 Å². The molecule has 0 atom stereocenters. The fourth-order valence-electron chi connectivity index (χ4n) is 2.96. The highest BCUT2D eigenvalue weighted by Crippen LogP contribution is 2.32. The second-order valence-corrected chi connectivity index (χ2v) is 7.04. The molecule has 4 nitrogen and oxygen atoms in total. The Hall–Kier alpha value is -1.59. The van der Waals surface area contributed by atoms with Crippen LogP contribution in [0, 0.1) is 5.92 Å². The lowest BCUT2D eigenvalue weighted by Crippen LogP contribution is -2.32. The molecule has 1 aliphatic heterocycles. The maximum Gasteiger partial charge on any atom is 0.305 e. The standard InChI is InChI=1S/C17H22N2O2S/c1-12-7-9-19(10-8-12)11-15-16(18-17(20)22-15)13-5-3-4-6-14(13)21-2/h3-6,12H,7-11H2,1-2H3,(H,18,20). The molecule has 2 aromatic rings. The van der Waals surface area contributed by atoms with Crippen molar-refractivity contribution in [2.24, 2.45) is 5.92 Å². The van der Waals surface area contributed by atoms with E-state index in [4.69, 9.17) is 4.74 Å². The molecule has 2 heterocycles. The first-order valence-corrected chi connectivity index (χ1v) is 8.56. The molecule has 5 heteroatoms.